The van der Waals surface area contributed by atoms with Gasteiger partial charge in [0, 0.05) is 59.5 Å². The minimum Gasteiger partial charge on any atom is -0.374 e. The number of benzene rings is 1. The van der Waals surface area contributed by atoms with Crippen LogP contribution in [0.5, 0.6) is 0 Å². The lowest BCUT2D eigenvalue weighted by atomic mass is 10.1. The molecule has 1 N–H and O–H groups in total. The van der Waals surface area contributed by atoms with Gasteiger partial charge in [-0.15, -0.1) is 0 Å². The average Bonchev–Trinajstić information content (AvgIpc) is 3.36. The third-order valence-electron chi connectivity index (χ3n) is 6.39. The third-order valence-corrected chi connectivity index (χ3v) is 6.39. The summed E-state index contributed by atoms with van der Waals surface area (Å²) in [6, 6.07) is 10.3. The minimum atomic E-state index is -0.0287. The third kappa shape index (κ3) is 6.68. The van der Waals surface area contributed by atoms with Gasteiger partial charge in [0.15, 0.2) is 5.96 Å². The fraction of sp³-hybridized carbons (Fsp3) is 0.667. The zero-order valence-electron chi connectivity index (χ0n) is 19.4. The number of rotatable bonds is 8. The topological polar surface area (TPSA) is 60.4 Å². The lowest BCUT2D eigenvalue weighted by Gasteiger charge is -2.39. The van der Waals surface area contributed by atoms with Crippen molar-refractivity contribution in [3.8, 4) is 0 Å². The molecule has 2 saturated heterocycles. The molecular weight excluding hydrogens is 390 g/mol. The maximum atomic E-state index is 12.7. The Bertz CT molecular complexity index is 697. The van der Waals surface area contributed by atoms with Crippen LogP contribution in [0.25, 0.3) is 0 Å². The molecule has 0 saturated carbocycles. The van der Waals surface area contributed by atoms with Crippen molar-refractivity contribution in [1.82, 2.24) is 20.0 Å². The molecule has 31 heavy (non-hydrogen) atoms. The molecule has 3 rings (SSSR count). The number of carbonyl (C=O) groups excluding carboxylic acids is 1. The number of carbonyl (C=O) groups is 1. The summed E-state index contributed by atoms with van der Waals surface area (Å²) in [6.45, 7) is 11.1. The Labute approximate surface area is 187 Å². The van der Waals surface area contributed by atoms with Crippen LogP contribution in [0.15, 0.2) is 35.3 Å². The van der Waals surface area contributed by atoms with Crippen LogP contribution >= 0.6 is 0 Å². The van der Waals surface area contributed by atoms with Gasteiger partial charge in [0.25, 0.3) is 0 Å². The van der Waals surface area contributed by atoms with Gasteiger partial charge in [-0.1, -0.05) is 30.3 Å². The van der Waals surface area contributed by atoms with Crippen molar-refractivity contribution >= 4 is 11.9 Å². The molecule has 2 aliphatic heterocycles. The molecule has 1 amide bonds. The van der Waals surface area contributed by atoms with Crippen LogP contribution in [-0.4, -0.2) is 92.1 Å². The first-order chi connectivity index (χ1) is 15.1. The second-order valence-electron chi connectivity index (χ2n) is 8.48. The van der Waals surface area contributed by atoms with Crippen LogP contribution in [0.1, 0.15) is 44.8 Å². The summed E-state index contributed by atoms with van der Waals surface area (Å²) in [5, 5.41) is 3.47. The molecule has 2 heterocycles. The number of hydrogen-bond donors (Lipinski definition) is 1. The highest BCUT2D eigenvalue weighted by Crippen LogP contribution is 2.16. The molecular formula is C24H39N5O2. The van der Waals surface area contributed by atoms with E-state index in [1.807, 2.05) is 30.1 Å². The van der Waals surface area contributed by atoms with E-state index >= 15 is 0 Å². The van der Waals surface area contributed by atoms with Crippen molar-refractivity contribution in [1.29, 1.82) is 0 Å². The van der Waals surface area contributed by atoms with Crippen LogP contribution in [0.4, 0.5) is 0 Å². The van der Waals surface area contributed by atoms with E-state index in [0.717, 1.165) is 71.0 Å². The van der Waals surface area contributed by atoms with Gasteiger partial charge in [0.05, 0.1) is 12.1 Å². The van der Waals surface area contributed by atoms with Gasteiger partial charge < -0.3 is 19.9 Å². The summed E-state index contributed by atoms with van der Waals surface area (Å²) >= 11 is 0. The molecule has 2 atom stereocenters. The van der Waals surface area contributed by atoms with Crippen LogP contribution < -0.4 is 5.32 Å². The first-order valence-corrected chi connectivity index (χ1v) is 11.7. The van der Waals surface area contributed by atoms with Gasteiger partial charge in [0.1, 0.15) is 0 Å². The lowest BCUT2D eigenvalue weighted by molar-refractivity contribution is -0.135. The Morgan fingerprint density at radius 2 is 1.71 bits per heavy atom. The number of aliphatic imine (C=N–C) groups is 1. The number of likely N-dealkylation sites (tertiary alicyclic amines) is 1. The Hall–Kier alpha value is -2.12. The SMILES string of the molecule is CN=C(NCCCOC(C)c1ccccc1)N1CCN(C(C)C(=O)N2CCCC2)CC1. The van der Waals surface area contributed by atoms with Gasteiger partial charge in [-0.2, -0.15) is 0 Å². The predicted molar refractivity (Wildman–Crippen MR) is 125 cm³/mol. The minimum absolute atomic E-state index is 0.0287. The quantitative estimate of drug-likeness (QED) is 0.391. The molecule has 2 fully saturated rings. The van der Waals surface area contributed by atoms with Gasteiger partial charge in [-0.3, -0.25) is 14.7 Å². The molecule has 0 spiro atoms. The number of guanidine groups is 1. The second-order valence-corrected chi connectivity index (χ2v) is 8.48. The number of nitrogens with one attached hydrogen (secondary N) is 1. The predicted octanol–water partition coefficient (Wildman–Crippen LogP) is 2.36. The van der Waals surface area contributed by atoms with Gasteiger partial charge in [0.2, 0.25) is 5.91 Å². The highest BCUT2D eigenvalue weighted by Gasteiger charge is 2.30. The zero-order valence-corrected chi connectivity index (χ0v) is 19.4. The van der Waals surface area contributed by atoms with E-state index in [0.29, 0.717) is 6.61 Å². The molecule has 172 valence electrons. The first-order valence-electron chi connectivity index (χ1n) is 11.7. The van der Waals surface area contributed by atoms with E-state index < -0.39 is 0 Å². The van der Waals surface area contributed by atoms with E-state index in [4.69, 9.17) is 4.74 Å². The van der Waals surface area contributed by atoms with E-state index in [-0.39, 0.29) is 18.1 Å². The Morgan fingerprint density at radius 1 is 1.03 bits per heavy atom. The van der Waals surface area contributed by atoms with Crippen molar-refractivity contribution in [2.75, 3.05) is 59.5 Å². The monoisotopic (exact) mass is 429 g/mol. The molecule has 0 bridgehead atoms. The molecule has 2 aliphatic rings. The lowest BCUT2D eigenvalue weighted by Crippen LogP contribution is -2.57. The Balaban J connectivity index is 1.34. The summed E-state index contributed by atoms with van der Waals surface area (Å²) in [4.78, 5) is 23.8. The maximum absolute atomic E-state index is 12.7. The van der Waals surface area contributed by atoms with E-state index in [9.17, 15) is 4.79 Å². The number of piperazine rings is 1. The highest BCUT2D eigenvalue weighted by atomic mass is 16.5. The number of hydrogen-bond acceptors (Lipinski definition) is 4. The van der Waals surface area contributed by atoms with Crippen molar-refractivity contribution in [2.45, 2.75) is 45.3 Å². The van der Waals surface area contributed by atoms with Crippen LogP contribution in [0, 0.1) is 0 Å². The largest absolute Gasteiger partial charge is 0.374 e. The van der Waals surface area contributed by atoms with Crippen LogP contribution in [0.2, 0.25) is 0 Å². The average molecular weight is 430 g/mol. The van der Waals surface area contributed by atoms with Crippen molar-refractivity contribution in [3.63, 3.8) is 0 Å². The smallest absolute Gasteiger partial charge is 0.239 e. The first kappa shape index (κ1) is 23.5. The standard InChI is InChI=1S/C24H39N5O2/c1-20(23(30)28-13-7-8-14-28)27-15-17-29(18-16-27)24(25-3)26-12-9-19-31-21(2)22-10-5-4-6-11-22/h4-6,10-11,20-21H,7-9,12-19H2,1-3H3,(H,25,26). The van der Waals surface area contributed by atoms with Crippen molar-refractivity contribution in [2.24, 2.45) is 4.99 Å². The number of nitrogens with zero attached hydrogens (tertiary/aromatic N) is 4. The van der Waals surface area contributed by atoms with Crippen molar-refractivity contribution in [3.05, 3.63) is 35.9 Å². The van der Waals surface area contributed by atoms with Crippen LogP contribution in [0.3, 0.4) is 0 Å². The fourth-order valence-corrected chi connectivity index (χ4v) is 4.36. The van der Waals surface area contributed by atoms with Crippen LogP contribution in [-0.2, 0) is 9.53 Å². The molecule has 1 aromatic rings. The second kappa shape index (κ2) is 12.1. The maximum Gasteiger partial charge on any atom is 0.239 e. The molecule has 0 aliphatic carbocycles. The van der Waals surface area contributed by atoms with E-state index in [2.05, 4.69) is 46.1 Å². The fourth-order valence-electron chi connectivity index (χ4n) is 4.36. The van der Waals surface area contributed by atoms with Crippen molar-refractivity contribution < 1.29 is 9.53 Å². The Kier molecular flexibility index (Phi) is 9.15. The molecule has 1 aromatic carbocycles. The summed E-state index contributed by atoms with van der Waals surface area (Å²) in [6.07, 6.45) is 3.32. The van der Waals surface area contributed by atoms with Gasteiger partial charge in [-0.25, -0.2) is 0 Å². The Morgan fingerprint density at radius 3 is 2.35 bits per heavy atom. The molecule has 7 nitrogen and oxygen atoms in total. The van der Waals surface area contributed by atoms with Gasteiger partial charge >= 0.3 is 0 Å². The van der Waals surface area contributed by atoms with Gasteiger partial charge in [-0.05, 0) is 38.7 Å². The molecule has 0 radical (unpaired) electrons. The summed E-state index contributed by atoms with van der Waals surface area (Å²) < 4.78 is 5.96. The summed E-state index contributed by atoms with van der Waals surface area (Å²) in [5.74, 6) is 1.23. The molecule has 2 unspecified atom stereocenters. The summed E-state index contributed by atoms with van der Waals surface area (Å²) in [7, 11) is 1.84. The molecule has 7 heteroatoms. The zero-order chi connectivity index (χ0) is 22.1. The highest BCUT2D eigenvalue weighted by molar-refractivity contribution is 5.82. The number of amides is 1. The summed E-state index contributed by atoms with van der Waals surface area (Å²) in [5.41, 5.74) is 1.21. The van der Waals surface area contributed by atoms with E-state index in [1.54, 1.807) is 0 Å². The van der Waals surface area contributed by atoms with E-state index in [1.165, 1.54) is 5.56 Å². The number of ether oxygens (including phenoxy) is 1. The normalized spacial score (nSPS) is 20.0. The molecule has 0 aromatic heterocycles.